The van der Waals surface area contributed by atoms with Crippen molar-refractivity contribution in [3.8, 4) is 5.75 Å². The third kappa shape index (κ3) is 3.13. The Labute approximate surface area is 89.8 Å². The van der Waals surface area contributed by atoms with Crippen molar-refractivity contribution < 1.29 is 9.53 Å². The molecule has 0 fully saturated rings. The summed E-state index contributed by atoms with van der Waals surface area (Å²) in [6.45, 7) is 5.32. The summed E-state index contributed by atoms with van der Waals surface area (Å²) in [6.07, 6.45) is 1.26. The van der Waals surface area contributed by atoms with Gasteiger partial charge in [0.1, 0.15) is 5.75 Å². The van der Waals surface area contributed by atoms with Crippen LogP contribution < -0.4 is 10.1 Å². The highest BCUT2D eigenvalue weighted by Gasteiger charge is 2.07. The minimum absolute atomic E-state index is 0.0504. The van der Waals surface area contributed by atoms with Crippen LogP contribution in [0.15, 0.2) is 36.9 Å². The zero-order valence-electron chi connectivity index (χ0n) is 8.99. The Morgan fingerprint density at radius 1 is 1.60 bits per heavy atom. The number of rotatable bonds is 4. The van der Waals surface area contributed by atoms with E-state index in [-0.39, 0.29) is 11.9 Å². The average molecular weight is 205 g/mol. The molecule has 1 amide bonds. The number of hydrogen-bond donors (Lipinski definition) is 1. The molecule has 1 N–H and O–H groups in total. The first-order valence-corrected chi connectivity index (χ1v) is 4.74. The zero-order valence-corrected chi connectivity index (χ0v) is 8.99. The van der Waals surface area contributed by atoms with Gasteiger partial charge in [-0.05, 0) is 30.7 Å². The van der Waals surface area contributed by atoms with Crippen LogP contribution in [0.4, 0.5) is 0 Å². The van der Waals surface area contributed by atoms with Gasteiger partial charge in [-0.15, -0.1) is 0 Å². The second-order valence-electron chi connectivity index (χ2n) is 3.21. The monoisotopic (exact) mass is 205 g/mol. The van der Waals surface area contributed by atoms with Crippen molar-refractivity contribution in [3.05, 3.63) is 42.5 Å². The molecule has 80 valence electrons. The van der Waals surface area contributed by atoms with Gasteiger partial charge in [-0.1, -0.05) is 18.7 Å². The topological polar surface area (TPSA) is 38.3 Å². The molecule has 1 rings (SSSR count). The van der Waals surface area contributed by atoms with Crippen molar-refractivity contribution >= 4 is 5.91 Å². The highest BCUT2D eigenvalue weighted by Crippen LogP contribution is 2.18. The van der Waals surface area contributed by atoms with Gasteiger partial charge in [0, 0.05) is 0 Å². The summed E-state index contributed by atoms with van der Waals surface area (Å²) in [5.41, 5.74) is 1.00. The van der Waals surface area contributed by atoms with E-state index in [0.29, 0.717) is 0 Å². The van der Waals surface area contributed by atoms with Gasteiger partial charge in [-0.2, -0.15) is 0 Å². The van der Waals surface area contributed by atoms with Gasteiger partial charge >= 0.3 is 0 Å². The molecule has 0 aliphatic heterocycles. The van der Waals surface area contributed by atoms with Crippen LogP contribution in [0, 0.1) is 0 Å². The largest absolute Gasteiger partial charge is 0.497 e. The number of benzene rings is 1. The van der Waals surface area contributed by atoms with Gasteiger partial charge in [0.15, 0.2) is 0 Å². The minimum Gasteiger partial charge on any atom is -0.497 e. The lowest BCUT2D eigenvalue weighted by atomic mass is 10.1. The lowest BCUT2D eigenvalue weighted by molar-refractivity contribution is -0.117. The standard InChI is InChI=1S/C12H15NO2/c1-4-12(14)13-9(2)10-6-5-7-11(8-10)15-3/h4-9H,1H2,2-3H3,(H,13,14)/t9-/m0/s1. The maximum Gasteiger partial charge on any atom is 0.243 e. The maximum absolute atomic E-state index is 11.1. The quantitative estimate of drug-likeness (QED) is 0.764. The second kappa shape index (κ2) is 5.20. The van der Waals surface area contributed by atoms with Gasteiger partial charge in [-0.25, -0.2) is 0 Å². The Morgan fingerprint density at radius 2 is 2.33 bits per heavy atom. The van der Waals surface area contributed by atoms with Crippen LogP contribution in [0.25, 0.3) is 0 Å². The summed E-state index contributed by atoms with van der Waals surface area (Å²) >= 11 is 0. The molecule has 15 heavy (non-hydrogen) atoms. The second-order valence-corrected chi connectivity index (χ2v) is 3.21. The van der Waals surface area contributed by atoms with E-state index in [0.717, 1.165) is 11.3 Å². The van der Waals surface area contributed by atoms with Crippen molar-refractivity contribution in [2.45, 2.75) is 13.0 Å². The first-order valence-electron chi connectivity index (χ1n) is 4.74. The first kappa shape index (κ1) is 11.3. The Kier molecular flexibility index (Phi) is 3.92. The van der Waals surface area contributed by atoms with Crippen molar-refractivity contribution in [2.75, 3.05) is 7.11 Å². The van der Waals surface area contributed by atoms with Crippen LogP contribution in [0.5, 0.6) is 5.75 Å². The number of amides is 1. The predicted octanol–water partition coefficient (Wildman–Crippen LogP) is 2.06. The summed E-state index contributed by atoms with van der Waals surface area (Å²) in [6, 6.07) is 7.55. The molecular formula is C12H15NO2. The molecule has 0 saturated carbocycles. The molecular weight excluding hydrogens is 190 g/mol. The molecule has 0 unspecified atom stereocenters. The third-order valence-electron chi connectivity index (χ3n) is 2.14. The summed E-state index contributed by atoms with van der Waals surface area (Å²) < 4.78 is 5.10. The first-order chi connectivity index (χ1) is 7.17. The predicted molar refractivity (Wildman–Crippen MR) is 59.7 cm³/mol. The van der Waals surface area contributed by atoms with E-state index in [4.69, 9.17) is 4.74 Å². The van der Waals surface area contributed by atoms with Crippen molar-refractivity contribution in [2.24, 2.45) is 0 Å². The van der Waals surface area contributed by atoms with E-state index in [1.165, 1.54) is 6.08 Å². The third-order valence-corrected chi connectivity index (χ3v) is 2.14. The van der Waals surface area contributed by atoms with E-state index < -0.39 is 0 Å². The summed E-state index contributed by atoms with van der Waals surface area (Å²) in [5, 5.41) is 2.78. The van der Waals surface area contributed by atoms with Crippen molar-refractivity contribution in [1.29, 1.82) is 0 Å². The molecule has 0 bridgehead atoms. The van der Waals surface area contributed by atoms with Gasteiger partial charge in [-0.3, -0.25) is 4.79 Å². The number of hydrogen-bond acceptors (Lipinski definition) is 2. The SMILES string of the molecule is C=CC(=O)N[C@@H](C)c1cccc(OC)c1. The molecule has 0 spiro atoms. The fraction of sp³-hybridized carbons (Fsp3) is 0.250. The lowest BCUT2D eigenvalue weighted by Crippen LogP contribution is -2.24. The fourth-order valence-electron chi connectivity index (χ4n) is 1.27. The van der Waals surface area contributed by atoms with Crippen LogP contribution in [0.2, 0.25) is 0 Å². The normalized spacial score (nSPS) is 11.6. The number of nitrogens with one attached hydrogen (secondary N) is 1. The molecule has 1 aromatic rings. The molecule has 1 aromatic carbocycles. The smallest absolute Gasteiger partial charge is 0.243 e. The van der Waals surface area contributed by atoms with E-state index in [2.05, 4.69) is 11.9 Å². The summed E-state index contributed by atoms with van der Waals surface area (Å²) in [4.78, 5) is 11.1. The molecule has 1 atom stereocenters. The number of ether oxygens (including phenoxy) is 1. The van der Waals surface area contributed by atoms with Gasteiger partial charge in [0.2, 0.25) is 5.91 Å². The molecule has 0 aliphatic rings. The Morgan fingerprint density at radius 3 is 2.93 bits per heavy atom. The van der Waals surface area contributed by atoms with Crippen LogP contribution in [-0.4, -0.2) is 13.0 Å². The minimum atomic E-state index is -0.176. The highest BCUT2D eigenvalue weighted by atomic mass is 16.5. The zero-order chi connectivity index (χ0) is 11.3. The lowest BCUT2D eigenvalue weighted by Gasteiger charge is -2.13. The Hall–Kier alpha value is -1.77. The molecule has 0 saturated heterocycles. The average Bonchev–Trinajstić information content (AvgIpc) is 2.28. The van der Waals surface area contributed by atoms with Crippen LogP contribution in [0.3, 0.4) is 0 Å². The molecule has 0 aromatic heterocycles. The van der Waals surface area contributed by atoms with Crippen molar-refractivity contribution in [3.63, 3.8) is 0 Å². The maximum atomic E-state index is 11.1. The van der Waals surface area contributed by atoms with E-state index >= 15 is 0 Å². The fourth-order valence-corrected chi connectivity index (χ4v) is 1.27. The summed E-state index contributed by atoms with van der Waals surface area (Å²) in [5.74, 6) is 0.609. The molecule has 3 heteroatoms. The van der Waals surface area contributed by atoms with Crippen LogP contribution in [0.1, 0.15) is 18.5 Å². The Balaban J connectivity index is 2.76. The van der Waals surface area contributed by atoms with Gasteiger partial charge in [0.05, 0.1) is 13.2 Å². The molecule has 0 radical (unpaired) electrons. The molecule has 3 nitrogen and oxygen atoms in total. The number of carbonyl (C=O) groups excluding carboxylic acids is 1. The van der Waals surface area contributed by atoms with Gasteiger partial charge < -0.3 is 10.1 Å². The Bertz CT molecular complexity index is 360. The molecule has 0 aliphatic carbocycles. The van der Waals surface area contributed by atoms with Crippen molar-refractivity contribution in [1.82, 2.24) is 5.32 Å². The number of carbonyl (C=O) groups is 1. The summed E-state index contributed by atoms with van der Waals surface area (Å²) in [7, 11) is 1.62. The number of methoxy groups -OCH3 is 1. The highest BCUT2D eigenvalue weighted by molar-refractivity contribution is 5.87. The van der Waals surface area contributed by atoms with E-state index in [9.17, 15) is 4.79 Å². The van der Waals surface area contributed by atoms with Gasteiger partial charge in [0.25, 0.3) is 0 Å². The molecule has 0 heterocycles. The van der Waals surface area contributed by atoms with Crippen LogP contribution >= 0.6 is 0 Å². The van der Waals surface area contributed by atoms with Crippen LogP contribution in [-0.2, 0) is 4.79 Å². The van der Waals surface area contributed by atoms with E-state index in [1.807, 2.05) is 31.2 Å². The van der Waals surface area contributed by atoms with E-state index in [1.54, 1.807) is 7.11 Å².